The van der Waals surface area contributed by atoms with E-state index in [1.165, 1.54) is 49.6 Å². The SMILES string of the molecule is CC1(C)c2ccccc2-c2ccc(-c3ccc4oc5cnc(-c6cccc(-c7cccc(-n8c9ccccc9c9ccccc98)c7)c6)nc5c4c3)cc21. The third-order valence-corrected chi connectivity index (χ3v) is 11.3. The van der Waals surface area contributed by atoms with Crippen LogP contribution in [0.1, 0.15) is 25.0 Å². The zero-order valence-corrected chi connectivity index (χ0v) is 29.3. The molecule has 53 heavy (non-hydrogen) atoms. The van der Waals surface area contributed by atoms with Crippen LogP contribution >= 0.6 is 0 Å². The molecule has 0 N–H and O–H groups in total. The molecule has 10 aromatic rings. The van der Waals surface area contributed by atoms with Crippen molar-refractivity contribution in [2.24, 2.45) is 0 Å². The van der Waals surface area contributed by atoms with Crippen molar-refractivity contribution >= 4 is 43.9 Å². The van der Waals surface area contributed by atoms with Crippen molar-refractivity contribution in [3.05, 3.63) is 175 Å². The maximum atomic E-state index is 6.26. The molecule has 11 rings (SSSR count). The van der Waals surface area contributed by atoms with E-state index in [0.29, 0.717) is 11.4 Å². The highest BCUT2D eigenvalue weighted by Crippen LogP contribution is 2.49. The second-order valence-corrected chi connectivity index (χ2v) is 14.7. The Bertz CT molecular complexity index is 3050. The van der Waals surface area contributed by atoms with Crippen LogP contribution in [-0.2, 0) is 5.41 Å². The number of para-hydroxylation sites is 2. The number of hydrogen-bond donors (Lipinski definition) is 0. The number of nitrogens with zero attached hydrogens (tertiary/aromatic N) is 3. The van der Waals surface area contributed by atoms with Crippen LogP contribution in [0.15, 0.2) is 168 Å². The van der Waals surface area contributed by atoms with Crippen LogP contribution in [0.4, 0.5) is 0 Å². The molecule has 0 unspecified atom stereocenters. The summed E-state index contributed by atoms with van der Waals surface area (Å²) in [5.74, 6) is 0.669. The number of furan rings is 1. The standard InChI is InChI=1S/C49H33N3O/c1-49(2)41-18-6-3-15-36(41)37-23-21-33(28-42(37)49)32-22-24-45-40(27-32)47-46(53-45)29-50-48(51-47)34-13-9-11-30(25-34)31-12-10-14-35(26-31)52-43-19-7-4-16-38(43)39-17-5-8-20-44(39)52/h3-29H,1-2H3. The van der Waals surface area contributed by atoms with Gasteiger partial charge >= 0.3 is 0 Å². The zero-order chi connectivity index (χ0) is 35.3. The average Bonchev–Trinajstić information content (AvgIpc) is 3.83. The van der Waals surface area contributed by atoms with Crippen molar-refractivity contribution in [2.45, 2.75) is 19.3 Å². The fourth-order valence-electron chi connectivity index (χ4n) is 8.63. The van der Waals surface area contributed by atoms with Crippen LogP contribution in [0.25, 0.3) is 94.3 Å². The summed E-state index contributed by atoms with van der Waals surface area (Å²) in [5.41, 5.74) is 16.7. The molecule has 0 saturated carbocycles. The van der Waals surface area contributed by atoms with Gasteiger partial charge in [-0.15, -0.1) is 0 Å². The van der Waals surface area contributed by atoms with E-state index in [2.05, 4.69) is 176 Å². The van der Waals surface area contributed by atoms with E-state index in [4.69, 9.17) is 14.4 Å². The van der Waals surface area contributed by atoms with Crippen molar-refractivity contribution in [3.8, 4) is 50.5 Å². The fraction of sp³-hybridized carbons (Fsp3) is 0.0612. The minimum atomic E-state index is -0.0581. The first-order chi connectivity index (χ1) is 26.0. The van der Waals surface area contributed by atoms with Crippen molar-refractivity contribution in [2.75, 3.05) is 0 Å². The first-order valence-corrected chi connectivity index (χ1v) is 18.1. The Hall–Kier alpha value is -6.78. The van der Waals surface area contributed by atoms with E-state index in [9.17, 15) is 0 Å². The molecule has 0 saturated heterocycles. The summed E-state index contributed by atoms with van der Waals surface area (Å²) in [4.78, 5) is 9.91. The minimum Gasteiger partial charge on any atom is -0.453 e. The second kappa shape index (κ2) is 11.1. The molecule has 4 nitrogen and oxygen atoms in total. The lowest BCUT2D eigenvalue weighted by atomic mass is 9.81. The van der Waals surface area contributed by atoms with Gasteiger partial charge < -0.3 is 8.98 Å². The minimum absolute atomic E-state index is 0.0581. The number of benzene rings is 7. The Morgan fingerprint density at radius 3 is 1.96 bits per heavy atom. The normalized spacial score (nSPS) is 13.2. The molecule has 1 aliphatic carbocycles. The summed E-state index contributed by atoms with van der Waals surface area (Å²) in [6.07, 6.45) is 1.81. The molecule has 0 amide bonds. The third-order valence-electron chi connectivity index (χ3n) is 11.3. The van der Waals surface area contributed by atoms with Crippen LogP contribution in [0.3, 0.4) is 0 Å². The topological polar surface area (TPSA) is 43.9 Å². The van der Waals surface area contributed by atoms with E-state index in [-0.39, 0.29) is 5.41 Å². The molecule has 3 aromatic heterocycles. The Labute approximate surface area is 306 Å². The van der Waals surface area contributed by atoms with E-state index in [1.54, 1.807) is 0 Å². The highest BCUT2D eigenvalue weighted by Gasteiger charge is 2.35. The predicted octanol–water partition coefficient (Wildman–Crippen LogP) is 12.8. The largest absolute Gasteiger partial charge is 0.453 e. The van der Waals surface area contributed by atoms with Crippen molar-refractivity contribution in [1.82, 2.24) is 14.5 Å². The lowest BCUT2D eigenvalue weighted by Gasteiger charge is -2.22. The first kappa shape index (κ1) is 29.9. The number of fused-ring (bicyclic) bond motifs is 9. The molecule has 7 aromatic carbocycles. The first-order valence-electron chi connectivity index (χ1n) is 18.1. The molecule has 250 valence electrons. The van der Waals surface area contributed by atoms with Crippen LogP contribution in [0.5, 0.6) is 0 Å². The van der Waals surface area contributed by atoms with Gasteiger partial charge in [-0.1, -0.05) is 123 Å². The molecule has 0 aliphatic heterocycles. The van der Waals surface area contributed by atoms with Crippen LogP contribution in [0.2, 0.25) is 0 Å². The van der Waals surface area contributed by atoms with Gasteiger partial charge in [0, 0.05) is 32.8 Å². The van der Waals surface area contributed by atoms with Crippen molar-refractivity contribution in [1.29, 1.82) is 0 Å². The summed E-state index contributed by atoms with van der Waals surface area (Å²) in [6, 6.07) is 56.6. The molecule has 0 radical (unpaired) electrons. The van der Waals surface area contributed by atoms with Gasteiger partial charge in [0.15, 0.2) is 11.4 Å². The summed E-state index contributed by atoms with van der Waals surface area (Å²) in [5, 5.41) is 3.49. The maximum Gasteiger partial charge on any atom is 0.172 e. The monoisotopic (exact) mass is 679 g/mol. The van der Waals surface area contributed by atoms with Gasteiger partial charge in [-0.3, -0.25) is 0 Å². The van der Waals surface area contributed by atoms with Crippen LogP contribution in [-0.4, -0.2) is 14.5 Å². The molecule has 4 heteroatoms. The molecule has 0 bridgehead atoms. The molecule has 0 atom stereocenters. The van der Waals surface area contributed by atoms with Crippen molar-refractivity contribution < 1.29 is 4.42 Å². The summed E-state index contributed by atoms with van der Waals surface area (Å²) < 4.78 is 8.62. The number of aromatic nitrogens is 3. The van der Waals surface area contributed by atoms with Crippen molar-refractivity contribution in [3.63, 3.8) is 0 Å². The van der Waals surface area contributed by atoms with E-state index in [0.717, 1.165) is 44.4 Å². The van der Waals surface area contributed by atoms with E-state index < -0.39 is 0 Å². The molecular weight excluding hydrogens is 647 g/mol. The molecular formula is C49H33N3O. The number of rotatable bonds is 4. The van der Waals surface area contributed by atoms with Gasteiger partial charge in [0.25, 0.3) is 0 Å². The van der Waals surface area contributed by atoms with Gasteiger partial charge in [0.05, 0.1) is 17.2 Å². The quantitative estimate of drug-likeness (QED) is 0.186. The summed E-state index contributed by atoms with van der Waals surface area (Å²) >= 11 is 0. The van der Waals surface area contributed by atoms with Gasteiger partial charge in [-0.25, -0.2) is 9.97 Å². The maximum absolute atomic E-state index is 6.26. The fourth-order valence-corrected chi connectivity index (χ4v) is 8.63. The van der Waals surface area contributed by atoms with Gasteiger partial charge in [-0.05, 0) is 93.0 Å². The van der Waals surface area contributed by atoms with E-state index in [1.807, 2.05) is 6.20 Å². The van der Waals surface area contributed by atoms with Gasteiger partial charge in [-0.2, -0.15) is 0 Å². The van der Waals surface area contributed by atoms with E-state index >= 15 is 0 Å². The van der Waals surface area contributed by atoms with Crippen LogP contribution in [0, 0.1) is 0 Å². The van der Waals surface area contributed by atoms with Gasteiger partial charge in [0.2, 0.25) is 0 Å². The Balaban J connectivity index is 0.974. The van der Waals surface area contributed by atoms with Gasteiger partial charge in [0.1, 0.15) is 11.1 Å². The average molecular weight is 680 g/mol. The third kappa shape index (κ3) is 4.49. The Kier molecular flexibility index (Phi) is 6.27. The Morgan fingerprint density at radius 2 is 1.13 bits per heavy atom. The van der Waals surface area contributed by atoms with Crippen LogP contribution < -0.4 is 0 Å². The summed E-state index contributed by atoms with van der Waals surface area (Å²) in [6.45, 7) is 4.65. The molecule has 0 spiro atoms. The second-order valence-electron chi connectivity index (χ2n) is 14.7. The zero-order valence-electron chi connectivity index (χ0n) is 29.3. The lowest BCUT2D eigenvalue weighted by Crippen LogP contribution is -2.14. The number of hydrogen-bond acceptors (Lipinski definition) is 3. The molecule has 0 fully saturated rings. The molecule has 3 heterocycles. The summed E-state index contributed by atoms with van der Waals surface area (Å²) in [7, 11) is 0. The Morgan fingerprint density at radius 1 is 0.491 bits per heavy atom. The molecule has 1 aliphatic rings. The highest BCUT2D eigenvalue weighted by atomic mass is 16.3. The highest BCUT2D eigenvalue weighted by molar-refractivity contribution is 6.09. The smallest absolute Gasteiger partial charge is 0.172 e. The predicted molar refractivity (Wildman–Crippen MR) is 218 cm³/mol. The lowest BCUT2D eigenvalue weighted by molar-refractivity contribution is 0.660.